The molecule has 0 fully saturated rings. The van der Waals surface area contributed by atoms with E-state index in [2.05, 4.69) is 22.8 Å². The van der Waals surface area contributed by atoms with Crippen molar-refractivity contribution in [3.05, 3.63) is 35.9 Å². The van der Waals surface area contributed by atoms with Crippen molar-refractivity contribution >= 4 is 6.03 Å². The van der Waals surface area contributed by atoms with Gasteiger partial charge in [-0.25, -0.2) is 4.79 Å². The molecular formula is C15H24N2O2. The van der Waals surface area contributed by atoms with Gasteiger partial charge in [0, 0.05) is 26.3 Å². The Hall–Kier alpha value is -1.55. The number of amides is 2. The van der Waals surface area contributed by atoms with Crippen molar-refractivity contribution in [3.63, 3.8) is 0 Å². The third-order valence-electron chi connectivity index (χ3n) is 2.73. The predicted octanol–water partition coefficient (Wildman–Crippen LogP) is 2.34. The number of hydrogen-bond donors (Lipinski definition) is 2. The number of carbonyl (C=O) groups excluding carboxylic acids is 1. The van der Waals surface area contributed by atoms with Crippen molar-refractivity contribution in [1.82, 2.24) is 10.6 Å². The number of carbonyl (C=O) groups is 1. The van der Waals surface area contributed by atoms with Gasteiger partial charge in [-0.3, -0.25) is 0 Å². The highest BCUT2D eigenvalue weighted by molar-refractivity contribution is 5.73. The van der Waals surface area contributed by atoms with Crippen LogP contribution in [0.15, 0.2) is 30.3 Å². The van der Waals surface area contributed by atoms with Crippen LogP contribution >= 0.6 is 0 Å². The summed E-state index contributed by atoms with van der Waals surface area (Å²) < 4.78 is 5.19. The molecule has 0 aliphatic carbocycles. The molecule has 1 rings (SSSR count). The van der Waals surface area contributed by atoms with Crippen LogP contribution in [-0.4, -0.2) is 32.3 Å². The molecule has 1 aromatic rings. The minimum absolute atomic E-state index is 0.0930. The molecule has 4 heteroatoms. The van der Waals surface area contributed by atoms with Crippen LogP contribution in [0, 0.1) is 0 Å². The number of nitrogens with one attached hydrogen (secondary N) is 2. The van der Waals surface area contributed by atoms with Gasteiger partial charge in [0.1, 0.15) is 0 Å². The molecular weight excluding hydrogens is 240 g/mol. The second-order valence-electron chi connectivity index (χ2n) is 4.32. The van der Waals surface area contributed by atoms with E-state index in [0.29, 0.717) is 19.7 Å². The monoisotopic (exact) mass is 264 g/mol. The molecule has 0 aliphatic heterocycles. The Kier molecular flexibility index (Phi) is 8.47. The maximum absolute atomic E-state index is 11.4. The minimum Gasteiger partial charge on any atom is -0.382 e. The molecule has 4 nitrogen and oxygen atoms in total. The van der Waals surface area contributed by atoms with E-state index >= 15 is 0 Å². The molecule has 0 atom stereocenters. The van der Waals surface area contributed by atoms with E-state index < -0.39 is 0 Å². The van der Waals surface area contributed by atoms with E-state index in [0.717, 1.165) is 25.9 Å². The number of rotatable bonds is 9. The van der Waals surface area contributed by atoms with Gasteiger partial charge in [-0.15, -0.1) is 0 Å². The maximum Gasteiger partial charge on any atom is 0.314 e. The van der Waals surface area contributed by atoms with E-state index in [9.17, 15) is 4.79 Å². The van der Waals surface area contributed by atoms with Crippen LogP contribution in [0.4, 0.5) is 4.79 Å². The van der Waals surface area contributed by atoms with Crippen LogP contribution < -0.4 is 10.6 Å². The standard InChI is InChI=1S/C15H24N2O2/c1-2-19-13-7-12-17-15(18)16-11-6-10-14-8-4-3-5-9-14/h3-5,8-9H,2,6-7,10-13H2,1H3,(H2,16,17,18). The normalized spacial score (nSPS) is 10.2. The summed E-state index contributed by atoms with van der Waals surface area (Å²) in [4.78, 5) is 11.4. The molecule has 0 heterocycles. The van der Waals surface area contributed by atoms with E-state index in [1.807, 2.05) is 25.1 Å². The quantitative estimate of drug-likeness (QED) is 0.673. The molecule has 0 unspecified atom stereocenters. The first-order valence-corrected chi connectivity index (χ1v) is 6.96. The largest absolute Gasteiger partial charge is 0.382 e. The number of hydrogen-bond acceptors (Lipinski definition) is 2. The van der Waals surface area contributed by atoms with Crippen molar-refractivity contribution in [2.75, 3.05) is 26.3 Å². The van der Waals surface area contributed by atoms with Gasteiger partial charge < -0.3 is 15.4 Å². The van der Waals surface area contributed by atoms with Gasteiger partial charge in [-0.1, -0.05) is 30.3 Å². The van der Waals surface area contributed by atoms with Crippen molar-refractivity contribution in [1.29, 1.82) is 0 Å². The van der Waals surface area contributed by atoms with E-state index in [4.69, 9.17) is 4.74 Å². The summed E-state index contributed by atoms with van der Waals surface area (Å²) in [5, 5.41) is 5.66. The third-order valence-corrected chi connectivity index (χ3v) is 2.73. The summed E-state index contributed by atoms with van der Waals surface area (Å²) in [5.41, 5.74) is 1.31. The van der Waals surface area contributed by atoms with Crippen LogP contribution in [0.5, 0.6) is 0 Å². The van der Waals surface area contributed by atoms with Gasteiger partial charge in [0.25, 0.3) is 0 Å². The number of urea groups is 1. The molecule has 19 heavy (non-hydrogen) atoms. The zero-order valence-corrected chi connectivity index (χ0v) is 11.7. The first kappa shape index (κ1) is 15.5. The zero-order chi connectivity index (χ0) is 13.8. The molecule has 2 N–H and O–H groups in total. The lowest BCUT2D eigenvalue weighted by molar-refractivity contribution is 0.145. The Morgan fingerprint density at radius 3 is 2.47 bits per heavy atom. The summed E-state index contributed by atoms with van der Waals surface area (Å²) >= 11 is 0. The molecule has 0 saturated carbocycles. The van der Waals surface area contributed by atoms with E-state index in [1.54, 1.807) is 0 Å². The first-order chi connectivity index (χ1) is 9.33. The molecule has 0 aliphatic rings. The van der Waals surface area contributed by atoms with E-state index in [1.165, 1.54) is 5.56 Å². The van der Waals surface area contributed by atoms with Crippen LogP contribution in [0.1, 0.15) is 25.3 Å². The fourth-order valence-corrected chi connectivity index (χ4v) is 1.72. The highest BCUT2D eigenvalue weighted by Crippen LogP contribution is 2.01. The third kappa shape index (κ3) is 8.21. The number of aryl methyl sites for hydroxylation is 1. The lowest BCUT2D eigenvalue weighted by atomic mass is 10.1. The molecule has 2 amide bonds. The van der Waals surface area contributed by atoms with Gasteiger partial charge in [0.2, 0.25) is 0 Å². The molecule has 106 valence electrons. The smallest absolute Gasteiger partial charge is 0.314 e. The molecule has 0 saturated heterocycles. The van der Waals surface area contributed by atoms with Crippen LogP contribution in [0.2, 0.25) is 0 Å². The lowest BCUT2D eigenvalue weighted by Gasteiger charge is -2.07. The van der Waals surface area contributed by atoms with Crippen LogP contribution in [0.3, 0.4) is 0 Å². The highest BCUT2D eigenvalue weighted by atomic mass is 16.5. The van der Waals surface area contributed by atoms with Crippen molar-refractivity contribution < 1.29 is 9.53 Å². The van der Waals surface area contributed by atoms with Gasteiger partial charge in [-0.05, 0) is 31.7 Å². The molecule has 0 aromatic heterocycles. The first-order valence-electron chi connectivity index (χ1n) is 6.96. The summed E-state index contributed by atoms with van der Waals surface area (Å²) in [6.07, 6.45) is 2.80. The second kappa shape index (κ2) is 10.4. The van der Waals surface area contributed by atoms with Gasteiger partial charge >= 0.3 is 6.03 Å². The predicted molar refractivity (Wildman–Crippen MR) is 77.3 cm³/mol. The van der Waals surface area contributed by atoms with Crippen molar-refractivity contribution in [3.8, 4) is 0 Å². The Morgan fingerprint density at radius 2 is 1.79 bits per heavy atom. The molecule has 1 aromatic carbocycles. The Bertz CT molecular complexity index is 341. The average Bonchev–Trinajstić information content (AvgIpc) is 2.44. The maximum atomic E-state index is 11.4. The van der Waals surface area contributed by atoms with Crippen molar-refractivity contribution in [2.24, 2.45) is 0 Å². The molecule has 0 spiro atoms. The summed E-state index contributed by atoms with van der Waals surface area (Å²) in [6, 6.07) is 10.2. The van der Waals surface area contributed by atoms with Crippen LogP contribution in [0.25, 0.3) is 0 Å². The summed E-state index contributed by atoms with van der Waals surface area (Å²) in [6.45, 7) is 4.75. The Balaban J connectivity index is 1.95. The van der Waals surface area contributed by atoms with Gasteiger partial charge in [0.15, 0.2) is 0 Å². The lowest BCUT2D eigenvalue weighted by Crippen LogP contribution is -2.36. The SMILES string of the molecule is CCOCCCNC(=O)NCCCc1ccccc1. The topological polar surface area (TPSA) is 50.4 Å². The fourth-order valence-electron chi connectivity index (χ4n) is 1.72. The second-order valence-corrected chi connectivity index (χ2v) is 4.32. The van der Waals surface area contributed by atoms with Crippen molar-refractivity contribution in [2.45, 2.75) is 26.2 Å². The zero-order valence-electron chi connectivity index (χ0n) is 11.7. The fraction of sp³-hybridized carbons (Fsp3) is 0.533. The highest BCUT2D eigenvalue weighted by Gasteiger charge is 1.98. The summed E-state index contributed by atoms with van der Waals surface area (Å²) in [7, 11) is 0. The van der Waals surface area contributed by atoms with Gasteiger partial charge in [-0.2, -0.15) is 0 Å². The average molecular weight is 264 g/mol. The Labute approximate surface area is 115 Å². The number of ether oxygens (including phenoxy) is 1. The molecule has 0 radical (unpaired) electrons. The summed E-state index contributed by atoms with van der Waals surface area (Å²) in [5.74, 6) is 0. The van der Waals surface area contributed by atoms with Gasteiger partial charge in [0.05, 0.1) is 0 Å². The van der Waals surface area contributed by atoms with E-state index in [-0.39, 0.29) is 6.03 Å². The minimum atomic E-state index is -0.0930. The number of benzene rings is 1. The Morgan fingerprint density at radius 1 is 1.11 bits per heavy atom. The molecule has 0 bridgehead atoms. The van der Waals surface area contributed by atoms with Crippen LogP contribution in [-0.2, 0) is 11.2 Å².